The van der Waals surface area contributed by atoms with E-state index in [0.29, 0.717) is 28.2 Å². The molecule has 1 aliphatic heterocycles. The Morgan fingerprint density at radius 1 is 1.06 bits per heavy atom. The summed E-state index contributed by atoms with van der Waals surface area (Å²) in [6, 6.07) is 9.18. The Labute approximate surface area is 206 Å². The molecule has 0 radical (unpaired) electrons. The van der Waals surface area contributed by atoms with Crippen molar-refractivity contribution in [3.8, 4) is 0 Å². The van der Waals surface area contributed by atoms with Gasteiger partial charge in [-0.15, -0.1) is 11.3 Å². The van der Waals surface area contributed by atoms with Crippen LogP contribution in [0.1, 0.15) is 66.8 Å². The standard InChI is InChI=1S/C26H24N4O4S/c1-15(30-25(33)17-8-2-3-9-18(17)26(30)34)22(31)29-24-21(19-10-4-5-11-20(19)35-24)23(32)28-14-16-7-6-12-27-13-16/h2-3,6-9,12-13,15H,4-5,10-11,14H2,1H3,(H,28,32)(H,29,31)/t15-/m1/s1. The van der Waals surface area contributed by atoms with Crippen LogP contribution in [0, 0.1) is 0 Å². The number of aromatic nitrogens is 1. The van der Waals surface area contributed by atoms with E-state index >= 15 is 0 Å². The Morgan fingerprint density at radius 3 is 2.46 bits per heavy atom. The van der Waals surface area contributed by atoms with E-state index in [9.17, 15) is 19.2 Å². The molecule has 2 N–H and O–H groups in total. The van der Waals surface area contributed by atoms with E-state index in [4.69, 9.17) is 0 Å². The molecule has 2 aromatic heterocycles. The zero-order valence-corrected chi connectivity index (χ0v) is 20.0. The number of thiophene rings is 1. The van der Waals surface area contributed by atoms with Gasteiger partial charge < -0.3 is 10.6 Å². The maximum absolute atomic E-state index is 13.2. The van der Waals surface area contributed by atoms with Crippen LogP contribution < -0.4 is 10.6 Å². The largest absolute Gasteiger partial charge is 0.348 e. The lowest BCUT2D eigenvalue weighted by molar-refractivity contribution is -0.119. The molecule has 8 nitrogen and oxygen atoms in total. The third kappa shape index (κ3) is 4.23. The molecule has 1 aromatic carbocycles. The van der Waals surface area contributed by atoms with E-state index < -0.39 is 23.8 Å². The Hall–Kier alpha value is -3.85. The van der Waals surface area contributed by atoms with E-state index in [0.717, 1.165) is 46.6 Å². The van der Waals surface area contributed by atoms with Crippen LogP contribution in [0.25, 0.3) is 0 Å². The van der Waals surface area contributed by atoms with Crippen molar-refractivity contribution < 1.29 is 19.2 Å². The molecule has 4 amide bonds. The number of rotatable bonds is 6. The summed E-state index contributed by atoms with van der Waals surface area (Å²) in [5.74, 6) is -1.77. The quantitative estimate of drug-likeness (QED) is 0.516. The molecule has 1 aliphatic carbocycles. The summed E-state index contributed by atoms with van der Waals surface area (Å²) in [6.45, 7) is 1.84. The fourth-order valence-electron chi connectivity index (χ4n) is 4.56. The zero-order valence-electron chi connectivity index (χ0n) is 19.2. The second-order valence-corrected chi connectivity index (χ2v) is 9.76. The summed E-state index contributed by atoms with van der Waals surface area (Å²) in [7, 11) is 0. The smallest absolute Gasteiger partial charge is 0.262 e. The molecule has 2 aliphatic rings. The van der Waals surface area contributed by atoms with Crippen LogP contribution in [0.2, 0.25) is 0 Å². The number of carbonyl (C=O) groups is 4. The Morgan fingerprint density at radius 2 is 1.77 bits per heavy atom. The molecule has 0 fully saturated rings. The van der Waals surface area contributed by atoms with Crippen molar-refractivity contribution in [1.82, 2.24) is 15.2 Å². The van der Waals surface area contributed by atoms with Crippen LogP contribution in [0.15, 0.2) is 48.8 Å². The van der Waals surface area contributed by atoms with Gasteiger partial charge in [0, 0.05) is 23.8 Å². The first-order valence-electron chi connectivity index (χ1n) is 11.5. The first-order chi connectivity index (χ1) is 17.0. The summed E-state index contributed by atoms with van der Waals surface area (Å²) in [6.07, 6.45) is 6.99. The maximum Gasteiger partial charge on any atom is 0.262 e. The number of carbonyl (C=O) groups excluding carboxylic acids is 4. The van der Waals surface area contributed by atoms with E-state index in [1.54, 1.807) is 42.7 Å². The highest BCUT2D eigenvalue weighted by atomic mass is 32.1. The molecule has 0 saturated heterocycles. The van der Waals surface area contributed by atoms with Crippen LogP contribution in [-0.2, 0) is 24.2 Å². The number of hydrogen-bond donors (Lipinski definition) is 2. The van der Waals surface area contributed by atoms with Crippen molar-refractivity contribution in [3.63, 3.8) is 0 Å². The molecule has 0 saturated carbocycles. The molecule has 3 aromatic rings. The summed E-state index contributed by atoms with van der Waals surface area (Å²) in [4.78, 5) is 58.2. The van der Waals surface area contributed by atoms with Gasteiger partial charge in [0.15, 0.2) is 0 Å². The lowest BCUT2D eigenvalue weighted by atomic mass is 9.95. The highest BCUT2D eigenvalue weighted by Crippen LogP contribution is 2.38. The zero-order chi connectivity index (χ0) is 24.5. The lowest BCUT2D eigenvalue weighted by Crippen LogP contribution is -2.45. The van der Waals surface area contributed by atoms with Crippen molar-refractivity contribution in [1.29, 1.82) is 0 Å². The van der Waals surface area contributed by atoms with Gasteiger partial charge in [0.1, 0.15) is 11.0 Å². The number of nitrogens with zero attached hydrogens (tertiary/aromatic N) is 2. The fourth-order valence-corrected chi connectivity index (χ4v) is 5.85. The SMILES string of the molecule is C[C@H](C(=O)Nc1sc2c(c1C(=O)NCc1cccnc1)CCCC2)N1C(=O)c2ccccc2C1=O. The van der Waals surface area contributed by atoms with Crippen molar-refractivity contribution in [2.75, 3.05) is 5.32 Å². The van der Waals surface area contributed by atoms with Gasteiger partial charge in [-0.25, -0.2) is 0 Å². The lowest BCUT2D eigenvalue weighted by Gasteiger charge is -2.21. The summed E-state index contributed by atoms with van der Waals surface area (Å²) in [5, 5.41) is 6.24. The molecular weight excluding hydrogens is 464 g/mol. The van der Waals surface area contributed by atoms with Gasteiger partial charge in [-0.1, -0.05) is 18.2 Å². The number of aryl methyl sites for hydroxylation is 1. The third-order valence-corrected chi connectivity index (χ3v) is 7.61. The van der Waals surface area contributed by atoms with E-state index in [-0.39, 0.29) is 5.91 Å². The molecule has 178 valence electrons. The number of hydrogen-bond acceptors (Lipinski definition) is 6. The number of anilines is 1. The number of nitrogens with one attached hydrogen (secondary N) is 2. The average Bonchev–Trinajstić information content (AvgIpc) is 3.37. The number of benzene rings is 1. The van der Waals surface area contributed by atoms with Crippen LogP contribution >= 0.6 is 11.3 Å². The normalized spacial score (nSPS) is 15.4. The number of imide groups is 1. The van der Waals surface area contributed by atoms with Crippen LogP contribution in [0.3, 0.4) is 0 Å². The highest BCUT2D eigenvalue weighted by Gasteiger charge is 2.41. The predicted molar refractivity (Wildman–Crippen MR) is 131 cm³/mol. The van der Waals surface area contributed by atoms with Gasteiger partial charge >= 0.3 is 0 Å². The minimum absolute atomic E-state index is 0.267. The van der Waals surface area contributed by atoms with Crippen LogP contribution in [0.4, 0.5) is 5.00 Å². The average molecular weight is 489 g/mol. The summed E-state index contributed by atoms with van der Waals surface area (Å²) < 4.78 is 0. The molecule has 0 unspecified atom stereocenters. The van der Waals surface area contributed by atoms with Crippen LogP contribution in [0.5, 0.6) is 0 Å². The first-order valence-corrected chi connectivity index (χ1v) is 12.4. The first kappa shape index (κ1) is 22.9. The monoisotopic (exact) mass is 488 g/mol. The molecule has 0 bridgehead atoms. The van der Waals surface area contributed by atoms with Gasteiger partial charge in [0.2, 0.25) is 5.91 Å². The van der Waals surface area contributed by atoms with Gasteiger partial charge in [0.05, 0.1) is 16.7 Å². The van der Waals surface area contributed by atoms with E-state index in [1.807, 2.05) is 6.07 Å². The highest BCUT2D eigenvalue weighted by molar-refractivity contribution is 7.17. The van der Waals surface area contributed by atoms with Crippen LogP contribution in [-0.4, -0.2) is 39.6 Å². The molecule has 0 spiro atoms. The Bertz CT molecular complexity index is 1300. The van der Waals surface area contributed by atoms with E-state index in [2.05, 4.69) is 15.6 Å². The van der Waals surface area contributed by atoms with Gasteiger partial charge in [-0.3, -0.25) is 29.1 Å². The predicted octanol–water partition coefficient (Wildman–Crippen LogP) is 3.58. The third-order valence-electron chi connectivity index (χ3n) is 6.40. The molecule has 5 rings (SSSR count). The molecular formula is C26H24N4O4S. The summed E-state index contributed by atoms with van der Waals surface area (Å²) >= 11 is 1.40. The number of fused-ring (bicyclic) bond motifs is 2. The Balaban J connectivity index is 1.37. The maximum atomic E-state index is 13.2. The van der Waals surface area contributed by atoms with Crippen molar-refractivity contribution in [3.05, 3.63) is 81.5 Å². The van der Waals surface area contributed by atoms with Gasteiger partial charge in [-0.2, -0.15) is 0 Å². The number of amides is 4. The van der Waals surface area contributed by atoms with Gasteiger partial charge in [-0.05, 0) is 61.9 Å². The van der Waals surface area contributed by atoms with Crippen molar-refractivity contribution in [2.24, 2.45) is 0 Å². The molecule has 3 heterocycles. The Kier molecular flexibility index (Phi) is 6.17. The minimum atomic E-state index is -1.03. The second kappa shape index (κ2) is 9.42. The van der Waals surface area contributed by atoms with Crippen molar-refractivity contribution >= 4 is 40.0 Å². The van der Waals surface area contributed by atoms with Crippen molar-refractivity contribution in [2.45, 2.75) is 45.2 Å². The van der Waals surface area contributed by atoms with E-state index in [1.165, 1.54) is 18.3 Å². The second-order valence-electron chi connectivity index (χ2n) is 8.65. The molecule has 1 atom stereocenters. The molecule has 9 heteroatoms. The van der Waals surface area contributed by atoms with Gasteiger partial charge in [0.25, 0.3) is 17.7 Å². The molecule has 35 heavy (non-hydrogen) atoms. The summed E-state index contributed by atoms with van der Waals surface area (Å²) in [5.41, 5.74) is 2.89. The fraction of sp³-hybridized carbons (Fsp3) is 0.269. The minimum Gasteiger partial charge on any atom is -0.348 e. The number of pyridine rings is 1. The topological polar surface area (TPSA) is 108 Å².